The second-order valence-corrected chi connectivity index (χ2v) is 6.95. The van der Waals surface area contributed by atoms with E-state index in [0.29, 0.717) is 47.4 Å². The van der Waals surface area contributed by atoms with E-state index in [2.05, 4.69) is 5.32 Å². The van der Waals surface area contributed by atoms with Crippen molar-refractivity contribution in [2.24, 2.45) is 0 Å². The first kappa shape index (κ1) is 19.9. The number of fused-ring (bicyclic) bond motifs is 1. The van der Waals surface area contributed by atoms with E-state index in [1.807, 2.05) is 0 Å². The number of para-hydroxylation sites is 1. The van der Waals surface area contributed by atoms with Crippen molar-refractivity contribution < 1.29 is 27.4 Å². The molecule has 1 aliphatic heterocycles. The Morgan fingerprint density at radius 3 is 2.43 bits per heavy atom. The third kappa shape index (κ3) is 3.60. The van der Waals surface area contributed by atoms with E-state index in [-0.39, 0.29) is 5.69 Å². The number of nitrogens with one attached hydrogen (secondary N) is 1. The number of hydrogen-bond acceptors (Lipinski definition) is 3. The minimum Gasteiger partial charge on any atom is -0.486 e. The van der Waals surface area contributed by atoms with Crippen LogP contribution in [-0.2, 0) is 6.18 Å². The lowest BCUT2D eigenvalue weighted by Gasteiger charge is -2.19. The summed E-state index contributed by atoms with van der Waals surface area (Å²) in [6.07, 6.45) is -4.51. The second-order valence-electron chi connectivity index (χ2n) is 6.95. The number of rotatable bonds is 3. The number of carbonyl (C=O) groups is 1. The highest BCUT2D eigenvalue weighted by Crippen LogP contribution is 2.36. The lowest BCUT2D eigenvalue weighted by Crippen LogP contribution is -2.17. The topological polar surface area (TPSA) is 52.5 Å². The third-order valence-corrected chi connectivity index (χ3v) is 4.93. The van der Waals surface area contributed by atoms with Gasteiger partial charge in [0.15, 0.2) is 11.5 Å². The molecule has 1 aromatic heterocycles. The zero-order chi connectivity index (χ0) is 21.5. The first-order chi connectivity index (χ1) is 14.3. The quantitative estimate of drug-likeness (QED) is 0.644. The number of alkyl halides is 3. The molecule has 1 aliphatic rings. The van der Waals surface area contributed by atoms with E-state index >= 15 is 0 Å². The van der Waals surface area contributed by atoms with Crippen LogP contribution in [0.15, 0.2) is 48.5 Å². The van der Waals surface area contributed by atoms with Gasteiger partial charge in [0, 0.05) is 23.1 Å². The van der Waals surface area contributed by atoms with Crippen molar-refractivity contribution in [2.75, 3.05) is 18.5 Å². The van der Waals surface area contributed by atoms with E-state index in [1.165, 1.54) is 16.7 Å². The number of aromatic nitrogens is 1. The molecular weight excluding hydrogens is 397 g/mol. The number of anilines is 1. The van der Waals surface area contributed by atoms with Crippen LogP contribution in [-0.4, -0.2) is 23.7 Å². The fourth-order valence-corrected chi connectivity index (χ4v) is 3.59. The summed E-state index contributed by atoms with van der Waals surface area (Å²) in [6, 6.07) is 11.9. The van der Waals surface area contributed by atoms with Crippen LogP contribution in [0.1, 0.15) is 27.3 Å². The second kappa shape index (κ2) is 7.44. The van der Waals surface area contributed by atoms with Gasteiger partial charge >= 0.3 is 6.18 Å². The van der Waals surface area contributed by atoms with Gasteiger partial charge in [0.05, 0.1) is 16.8 Å². The molecule has 2 heterocycles. The molecule has 4 rings (SSSR count). The third-order valence-electron chi connectivity index (χ3n) is 4.93. The van der Waals surface area contributed by atoms with Gasteiger partial charge in [-0.2, -0.15) is 13.2 Å². The molecule has 0 fully saturated rings. The van der Waals surface area contributed by atoms with Crippen LogP contribution in [0.4, 0.5) is 18.9 Å². The van der Waals surface area contributed by atoms with E-state index in [0.717, 1.165) is 6.07 Å². The summed E-state index contributed by atoms with van der Waals surface area (Å²) in [5.74, 6) is 0.709. The number of halogens is 3. The van der Waals surface area contributed by atoms with Crippen molar-refractivity contribution in [1.82, 2.24) is 4.57 Å². The van der Waals surface area contributed by atoms with Crippen molar-refractivity contribution in [3.63, 3.8) is 0 Å². The summed E-state index contributed by atoms with van der Waals surface area (Å²) in [4.78, 5) is 12.9. The summed E-state index contributed by atoms with van der Waals surface area (Å²) in [5.41, 5.74) is 0.962. The summed E-state index contributed by atoms with van der Waals surface area (Å²) in [6.45, 7) is 4.17. The Balaban J connectivity index is 1.67. The van der Waals surface area contributed by atoms with Crippen LogP contribution in [0.2, 0.25) is 0 Å². The largest absolute Gasteiger partial charge is 0.486 e. The number of benzene rings is 2. The molecule has 0 aliphatic carbocycles. The number of hydrogen-bond donors (Lipinski definition) is 1. The van der Waals surface area contributed by atoms with Crippen molar-refractivity contribution in [2.45, 2.75) is 20.0 Å². The van der Waals surface area contributed by atoms with Crippen molar-refractivity contribution >= 4 is 11.6 Å². The van der Waals surface area contributed by atoms with Gasteiger partial charge in [-0.1, -0.05) is 12.1 Å². The van der Waals surface area contributed by atoms with Gasteiger partial charge < -0.3 is 19.4 Å². The maximum absolute atomic E-state index is 13.5. The van der Waals surface area contributed by atoms with Crippen molar-refractivity contribution in [3.05, 3.63) is 71.0 Å². The highest BCUT2D eigenvalue weighted by atomic mass is 19.4. The highest BCUT2D eigenvalue weighted by molar-refractivity contribution is 6.05. The molecule has 30 heavy (non-hydrogen) atoms. The van der Waals surface area contributed by atoms with Crippen LogP contribution < -0.4 is 14.8 Å². The highest BCUT2D eigenvalue weighted by Gasteiger charge is 2.34. The Morgan fingerprint density at radius 2 is 1.70 bits per heavy atom. The van der Waals surface area contributed by atoms with Crippen LogP contribution in [0.25, 0.3) is 5.69 Å². The normalized spacial score (nSPS) is 13.2. The first-order valence-electron chi connectivity index (χ1n) is 9.32. The lowest BCUT2D eigenvalue weighted by molar-refractivity contribution is -0.137. The van der Waals surface area contributed by atoms with Crippen molar-refractivity contribution in [3.8, 4) is 17.2 Å². The standard InChI is InChI=1S/C22H19F3N2O3/c1-13-11-16(14(2)27(13)18-6-4-3-5-17(18)22(23,24)25)21(28)26-15-7-8-19-20(12-15)30-10-9-29-19/h3-8,11-12H,9-10H2,1-2H3,(H,26,28). The minimum atomic E-state index is -4.51. The Hall–Kier alpha value is -3.42. The maximum Gasteiger partial charge on any atom is 0.418 e. The molecule has 3 aromatic rings. The van der Waals surface area contributed by atoms with Gasteiger partial charge in [-0.15, -0.1) is 0 Å². The average Bonchev–Trinajstić information content (AvgIpc) is 3.01. The van der Waals surface area contributed by atoms with Crippen LogP contribution in [0, 0.1) is 13.8 Å². The number of carbonyl (C=O) groups excluding carboxylic acids is 1. The molecule has 5 nitrogen and oxygen atoms in total. The van der Waals surface area contributed by atoms with Gasteiger partial charge in [0.1, 0.15) is 13.2 Å². The molecule has 0 unspecified atom stereocenters. The molecule has 1 N–H and O–H groups in total. The zero-order valence-corrected chi connectivity index (χ0v) is 16.3. The summed E-state index contributed by atoms with van der Waals surface area (Å²) >= 11 is 0. The van der Waals surface area contributed by atoms with Gasteiger partial charge in [0.25, 0.3) is 5.91 Å². The summed E-state index contributed by atoms with van der Waals surface area (Å²) in [5, 5.41) is 2.78. The predicted octanol–water partition coefficient (Wildman–Crippen LogP) is 5.14. The van der Waals surface area contributed by atoms with E-state index < -0.39 is 17.6 Å². The van der Waals surface area contributed by atoms with E-state index in [9.17, 15) is 18.0 Å². The first-order valence-corrected chi connectivity index (χ1v) is 9.32. The van der Waals surface area contributed by atoms with Gasteiger partial charge in [-0.05, 0) is 44.2 Å². The lowest BCUT2D eigenvalue weighted by atomic mass is 10.1. The zero-order valence-electron chi connectivity index (χ0n) is 16.3. The molecule has 2 aromatic carbocycles. The Labute approximate surface area is 171 Å². The molecule has 0 saturated heterocycles. The smallest absolute Gasteiger partial charge is 0.418 e. The monoisotopic (exact) mass is 416 g/mol. The summed E-state index contributed by atoms with van der Waals surface area (Å²) < 4.78 is 52.8. The average molecular weight is 416 g/mol. The fourth-order valence-electron chi connectivity index (χ4n) is 3.59. The van der Waals surface area contributed by atoms with Crippen LogP contribution >= 0.6 is 0 Å². The molecule has 8 heteroatoms. The van der Waals surface area contributed by atoms with Gasteiger partial charge in [-0.3, -0.25) is 4.79 Å². The van der Waals surface area contributed by atoms with Crippen LogP contribution in [0.3, 0.4) is 0 Å². The number of nitrogens with zero attached hydrogens (tertiary/aromatic N) is 1. The molecular formula is C22H19F3N2O3. The van der Waals surface area contributed by atoms with E-state index in [4.69, 9.17) is 9.47 Å². The number of aryl methyl sites for hydroxylation is 1. The molecule has 0 atom stereocenters. The molecule has 0 bridgehead atoms. The Kier molecular flexibility index (Phi) is 4.93. The van der Waals surface area contributed by atoms with Crippen LogP contribution in [0.5, 0.6) is 11.5 Å². The maximum atomic E-state index is 13.5. The summed E-state index contributed by atoms with van der Waals surface area (Å²) in [7, 11) is 0. The molecule has 0 spiro atoms. The molecule has 0 radical (unpaired) electrons. The van der Waals surface area contributed by atoms with Crippen molar-refractivity contribution in [1.29, 1.82) is 0 Å². The molecule has 1 amide bonds. The molecule has 156 valence electrons. The SMILES string of the molecule is Cc1cc(C(=O)Nc2ccc3c(c2)OCCO3)c(C)n1-c1ccccc1C(F)(F)F. The van der Waals surface area contributed by atoms with Gasteiger partial charge in [0.2, 0.25) is 0 Å². The number of amides is 1. The number of ether oxygens (including phenoxy) is 2. The fraction of sp³-hybridized carbons (Fsp3) is 0.227. The van der Waals surface area contributed by atoms with E-state index in [1.54, 1.807) is 44.2 Å². The Morgan fingerprint density at radius 1 is 1.00 bits per heavy atom. The minimum absolute atomic E-state index is 0.0154. The van der Waals surface area contributed by atoms with Gasteiger partial charge in [-0.25, -0.2) is 0 Å². The molecule has 0 saturated carbocycles. The predicted molar refractivity (Wildman–Crippen MR) is 106 cm³/mol. The Bertz CT molecular complexity index is 1120.